The van der Waals surface area contributed by atoms with E-state index in [-0.39, 0.29) is 9.68 Å². The molecule has 0 spiro atoms. The standard InChI is InChI=1S/C5H13NSi/c1-4-5-7-6(2)3/h4-5H,7H2,1-3H3. The molecule has 1 nitrogen and oxygen atoms in total. The summed E-state index contributed by atoms with van der Waals surface area (Å²) in [4.78, 5) is 0. The van der Waals surface area contributed by atoms with Gasteiger partial charge in [-0.3, -0.25) is 0 Å². The van der Waals surface area contributed by atoms with Gasteiger partial charge in [0.25, 0.3) is 0 Å². The zero-order chi connectivity index (χ0) is 5.70. The summed E-state index contributed by atoms with van der Waals surface area (Å²) >= 11 is 0. The van der Waals surface area contributed by atoms with Crippen molar-refractivity contribution in [2.45, 2.75) is 6.92 Å². The van der Waals surface area contributed by atoms with E-state index in [0.29, 0.717) is 0 Å². The van der Waals surface area contributed by atoms with Crippen molar-refractivity contribution in [2.24, 2.45) is 0 Å². The molecule has 2 heteroatoms. The summed E-state index contributed by atoms with van der Waals surface area (Å²) in [6.07, 6.45) is 2.12. The summed E-state index contributed by atoms with van der Waals surface area (Å²) in [6, 6.07) is 0. The third-order valence-corrected chi connectivity index (χ3v) is 2.12. The number of hydrogen-bond donors (Lipinski definition) is 0. The lowest BCUT2D eigenvalue weighted by atomic mass is 10.8. The molecule has 42 valence electrons. The van der Waals surface area contributed by atoms with Crippen LogP contribution in [0.15, 0.2) is 11.8 Å². The van der Waals surface area contributed by atoms with E-state index in [1.165, 1.54) is 0 Å². The Morgan fingerprint density at radius 1 is 1.43 bits per heavy atom. The Hall–Kier alpha value is -0.0831. The lowest BCUT2D eigenvalue weighted by Crippen LogP contribution is -2.14. The third-order valence-electron chi connectivity index (χ3n) is 0.706. The minimum Gasteiger partial charge on any atom is -0.331 e. The van der Waals surface area contributed by atoms with Crippen LogP contribution in [-0.4, -0.2) is 28.3 Å². The molecule has 0 saturated heterocycles. The van der Waals surface area contributed by atoms with Gasteiger partial charge in [0.15, 0.2) is 0 Å². The van der Waals surface area contributed by atoms with Gasteiger partial charge in [-0.05, 0) is 21.0 Å². The van der Waals surface area contributed by atoms with Crippen LogP contribution in [0.1, 0.15) is 6.92 Å². The van der Waals surface area contributed by atoms with Gasteiger partial charge in [-0.25, -0.2) is 0 Å². The van der Waals surface area contributed by atoms with Gasteiger partial charge < -0.3 is 4.57 Å². The molecule has 0 fully saturated rings. The fraction of sp³-hybridized carbons (Fsp3) is 0.600. The van der Waals surface area contributed by atoms with Gasteiger partial charge >= 0.3 is 0 Å². The van der Waals surface area contributed by atoms with Crippen LogP contribution in [0.5, 0.6) is 0 Å². The molecule has 0 aliphatic rings. The fourth-order valence-corrected chi connectivity index (χ4v) is 0.949. The van der Waals surface area contributed by atoms with Crippen LogP contribution in [0.2, 0.25) is 0 Å². The van der Waals surface area contributed by atoms with Crippen LogP contribution in [0, 0.1) is 0 Å². The SMILES string of the molecule is CC=C[SiH2]N(C)C. The summed E-state index contributed by atoms with van der Waals surface area (Å²) < 4.78 is 2.26. The molecule has 0 unspecified atom stereocenters. The van der Waals surface area contributed by atoms with Crippen molar-refractivity contribution in [3.8, 4) is 0 Å². The first-order chi connectivity index (χ1) is 3.27. The molecule has 0 aliphatic heterocycles. The van der Waals surface area contributed by atoms with E-state index in [0.717, 1.165) is 0 Å². The third kappa shape index (κ3) is 5.92. The monoisotopic (exact) mass is 115 g/mol. The van der Waals surface area contributed by atoms with Gasteiger partial charge in [0.1, 0.15) is 9.68 Å². The number of nitrogens with zero attached hydrogens (tertiary/aromatic N) is 1. The lowest BCUT2D eigenvalue weighted by molar-refractivity contribution is 0.668. The first-order valence-electron chi connectivity index (χ1n) is 2.53. The maximum atomic E-state index is 2.26. The van der Waals surface area contributed by atoms with Gasteiger partial charge in [-0.2, -0.15) is 0 Å². The molecule has 0 amide bonds. The predicted octanol–water partition coefficient (Wildman–Crippen LogP) is 0.165. The highest BCUT2D eigenvalue weighted by atomic mass is 28.2. The highest BCUT2D eigenvalue weighted by Crippen LogP contribution is 1.70. The number of hydrogen-bond acceptors (Lipinski definition) is 1. The largest absolute Gasteiger partial charge is 0.331 e. The maximum Gasteiger partial charge on any atom is 0.118 e. The molecular weight excluding hydrogens is 102 g/mol. The summed E-state index contributed by atoms with van der Waals surface area (Å²) in [5, 5.41) is 0. The van der Waals surface area contributed by atoms with E-state index in [2.05, 4.69) is 37.4 Å². The van der Waals surface area contributed by atoms with E-state index < -0.39 is 0 Å². The molecule has 0 atom stereocenters. The molecule has 0 saturated carbocycles. The van der Waals surface area contributed by atoms with Gasteiger partial charge in [-0.15, -0.1) is 0 Å². The van der Waals surface area contributed by atoms with Crippen LogP contribution in [0.4, 0.5) is 0 Å². The van der Waals surface area contributed by atoms with Crippen LogP contribution in [-0.2, 0) is 0 Å². The molecule has 0 radical (unpaired) electrons. The Morgan fingerprint density at radius 2 is 2.00 bits per heavy atom. The topological polar surface area (TPSA) is 3.24 Å². The lowest BCUT2D eigenvalue weighted by Gasteiger charge is -2.01. The quantitative estimate of drug-likeness (QED) is 0.464. The van der Waals surface area contributed by atoms with Crippen LogP contribution in [0.25, 0.3) is 0 Å². The zero-order valence-electron chi connectivity index (χ0n) is 5.31. The summed E-state index contributed by atoms with van der Waals surface area (Å²) in [6.45, 7) is 2.07. The fourth-order valence-electron chi connectivity index (χ4n) is 0.316. The Labute approximate surface area is 47.9 Å². The van der Waals surface area contributed by atoms with Crippen molar-refractivity contribution < 1.29 is 0 Å². The van der Waals surface area contributed by atoms with Gasteiger partial charge in [0, 0.05) is 0 Å². The molecule has 0 heterocycles. The van der Waals surface area contributed by atoms with Crippen LogP contribution < -0.4 is 0 Å². The second-order valence-electron chi connectivity index (χ2n) is 1.83. The highest BCUT2D eigenvalue weighted by molar-refractivity contribution is 6.38. The first kappa shape index (κ1) is 6.92. The van der Waals surface area contributed by atoms with E-state index in [1.54, 1.807) is 0 Å². The summed E-state index contributed by atoms with van der Waals surface area (Å²) in [7, 11) is 4.23. The van der Waals surface area contributed by atoms with E-state index >= 15 is 0 Å². The Balaban J connectivity index is 2.97. The number of rotatable bonds is 2. The van der Waals surface area contributed by atoms with E-state index in [9.17, 15) is 0 Å². The van der Waals surface area contributed by atoms with Crippen molar-refractivity contribution in [3.05, 3.63) is 11.8 Å². The van der Waals surface area contributed by atoms with E-state index in [4.69, 9.17) is 0 Å². The average molecular weight is 115 g/mol. The predicted molar refractivity (Wildman–Crippen MR) is 37.0 cm³/mol. The molecule has 7 heavy (non-hydrogen) atoms. The van der Waals surface area contributed by atoms with Crippen LogP contribution >= 0.6 is 0 Å². The molecule has 0 aromatic rings. The van der Waals surface area contributed by atoms with Crippen molar-refractivity contribution in [1.29, 1.82) is 0 Å². The first-order valence-corrected chi connectivity index (χ1v) is 3.98. The number of allylic oxidation sites excluding steroid dienone is 1. The second-order valence-corrected chi connectivity index (χ2v) is 3.93. The minimum absolute atomic E-state index is 0.00116. The zero-order valence-corrected chi connectivity index (χ0v) is 6.72. The molecule has 0 aliphatic carbocycles. The van der Waals surface area contributed by atoms with Crippen molar-refractivity contribution in [2.75, 3.05) is 14.1 Å². The van der Waals surface area contributed by atoms with Gasteiger partial charge in [-0.1, -0.05) is 11.8 Å². The Kier molecular flexibility index (Phi) is 4.04. The molecule has 0 rings (SSSR count). The maximum absolute atomic E-state index is 2.26. The average Bonchev–Trinajstić information content (AvgIpc) is 1.61. The normalized spacial score (nSPS) is 13.1. The Bertz CT molecular complexity index is 59.1. The van der Waals surface area contributed by atoms with Crippen molar-refractivity contribution >= 4 is 9.68 Å². The second kappa shape index (κ2) is 4.09. The molecule has 0 aromatic carbocycles. The summed E-state index contributed by atoms with van der Waals surface area (Å²) in [5.74, 6) is 0. The van der Waals surface area contributed by atoms with Crippen LogP contribution in [0.3, 0.4) is 0 Å². The molecule has 0 bridgehead atoms. The Morgan fingerprint density at radius 3 is 2.14 bits per heavy atom. The summed E-state index contributed by atoms with van der Waals surface area (Å²) in [5.41, 5.74) is 2.26. The molecular formula is C5H13NSi. The minimum atomic E-state index is -0.00116. The van der Waals surface area contributed by atoms with Gasteiger partial charge in [0.05, 0.1) is 0 Å². The molecule has 0 N–H and O–H groups in total. The van der Waals surface area contributed by atoms with Gasteiger partial charge in [0.2, 0.25) is 0 Å². The van der Waals surface area contributed by atoms with Crippen molar-refractivity contribution in [1.82, 2.24) is 4.57 Å². The highest BCUT2D eigenvalue weighted by Gasteiger charge is 1.79. The van der Waals surface area contributed by atoms with E-state index in [1.807, 2.05) is 0 Å². The molecule has 0 aromatic heterocycles. The smallest absolute Gasteiger partial charge is 0.118 e. The van der Waals surface area contributed by atoms with Crippen molar-refractivity contribution in [3.63, 3.8) is 0 Å².